The number of benzene rings is 1. The van der Waals surface area contributed by atoms with Gasteiger partial charge in [0, 0.05) is 23.6 Å². The standard InChI is InChI=1S/C20H19N/c1-3-4-5-16-8-11-19-18(12-13-21-20(19)14-16)17-9-6-15(2)7-10-17/h6,8-15H,3,7H2,1-2H3. The van der Waals surface area contributed by atoms with E-state index in [-0.39, 0.29) is 0 Å². The van der Waals surface area contributed by atoms with Crippen molar-refractivity contribution in [2.24, 2.45) is 5.92 Å². The number of aromatic nitrogens is 1. The Morgan fingerprint density at radius 3 is 2.95 bits per heavy atom. The van der Waals surface area contributed by atoms with Crippen molar-refractivity contribution in [2.45, 2.75) is 26.7 Å². The van der Waals surface area contributed by atoms with Crippen molar-refractivity contribution in [1.82, 2.24) is 4.98 Å². The van der Waals surface area contributed by atoms with Crippen molar-refractivity contribution < 1.29 is 0 Å². The van der Waals surface area contributed by atoms with Crippen LogP contribution in [-0.4, -0.2) is 4.98 Å². The minimum atomic E-state index is 0.637. The molecule has 1 atom stereocenters. The van der Waals surface area contributed by atoms with E-state index in [2.05, 4.69) is 73.2 Å². The summed E-state index contributed by atoms with van der Waals surface area (Å²) in [6, 6.07) is 8.42. The van der Waals surface area contributed by atoms with Crippen LogP contribution >= 0.6 is 0 Å². The summed E-state index contributed by atoms with van der Waals surface area (Å²) in [5.41, 5.74) is 4.62. The fourth-order valence-electron chi connectivity index (χ4n) is 2.60. The topological polar surface area (TPSA) is 12.9 Å². The van der Waals surface area contributed by atoms with Gasteiger partial charge in [0.15, 0.2) is 0 Å². The molecule has 0 saturated heterocycles. The van der Waals surface area contributed by atoms with E-state index in [1.807, 2.05) is 6.20 Å². The van der Waals surface area contributed by atoms with Gasteiger partial charge in [-0.3, -0.25) is 4.98 Å². The van der Waals surface area contributed by atoms with Crippen LogP contribution in [0.3, 0.4) is 0 Å². The molecule has 0 N–H and O–H groups in total. The van der Waals surface area contributed by atoms with E-state index in [0.717, 1.165) is 23.9 Å². The van der Waals surface area contributed by atoms with Gasteiger partial charge in [-0.15, -0.1) is 0 Å². The second-order valence-electron chi connectivity index (χ2n) is 5.48. The molecule has 3 rings (SSSR count). The molecule has 21 heavy (non-hydrogen) atoms. The van der Waals surface area contributed by atoms with E-state index >= 15 is 0 Å². The molecule has 1 aliphatic carbocycles. The normalized spacial score (nSPS) is 17.2. The zero-order chi connectivity index (χ0) is 14.7. The third-order valence-corrected chi connectivity index (χ3v) is 3.78. The van der Waals surface area contributed by atoms with Crippen molar-refractivity contribution >= 4 is 16.5 Å². The monoisotopic (exact) mass is 273 g/mol. The van der Waals surface area contributed by atoms with Crippen molar-refractivity contribution in [3.05, 3.63) is 59.8 Å². The fourth-order valence-corrected chi connectivity index (χ4v) is 2.60. The predicted molar refractivity (Wildman–Crippen MR) is 89.8 cm³/mol. The molecule has 0 amide bonds. The first-order chi connectivity index (χ1) is 10.3. The number of allylic oxidation sites excluding steroid dienone is 4. The molecule has 1 aromatic carbocycles. The summed E-state index contributed by atoms with van der Waals surface area (Å²) < 4.78 is 0. The minimum Gasteiger partial charge on any atom is -0.256 e. The Bertz CT molecular complexity index is 784. The Morgan fingerprint density at radius 1 is 1.29 bits per heavy atom. The Kier molecular flexibility index (Phi) is 3.88. The minimum absolute atomic E-state index is 0.637. The quantitative estimate of drug-likeness (QED) is 0.668. The molecule has 1 nitrogen and oxygen atoms in total. The van der Waals surface area contributed by atoms with E-state index in [1.54, 1.807) is 0 Å². The molecule has 1 unspecified atom stereocenters. The Balaban J connectivity index is 2.07. The van der Waals surface area contributed by atoms with E-state index in [4.69, 9.17) is 0 Å². The molecular weight excluding hydrogens is 254 g/mol. The lowest BCUT2D eigenvalue weighted by Crippen LogP contribution is -1.95. The van der Waals surface area contributed by atoms with Gasteiger partial charge in [0.05, 0.1) is 5.52 Å². The van der Waals surface area contributed by atoms with Crippen molar-refractivity contribution in [2.75, 3.05) is 0 Å². The zero-order valence-corrected chi connectivity index (χ0v) is 12.6. The number of hydrogen-bond donors (Lipinski definition) is 0. The lowest BCUT2D eigenvalue weighted by Gasteiger charge is -2.13. The van der Waals surface area contributed by atoms with Crippen LogP contribution in [0.5, 0.6) is 0 Å². The Labute approximate surface area is 126 Å². The lowest BCUT2D eigenvalue weighted by atomic mass is 9.92. The molecule has 104 valence electrons. The molecule has 1 aromatic heterocycles. The van der Waals surface area contributed by atoms with E-state index < -0.39 is 0 Å². The van der Waals surface area contributed by atoms with Crippen LogP contribution < -0.4 is 0 Å². The van der Waals surface area contributed by atoms with Gasteiger partial charge < -0.3 is 0 Å². The largest absolute Gasteiger partial charge is 0.256 e. The summed E-state index contributed by atoms with van der Waals surface area (Å²) in [5.74, 6) is 6.92. The molecule has 1 heterocycles. The molecule has 0 fully saturated rings. The SMILES string of the molecule is CCC#Cc1ccc2c(C3=CCC(C)C=C3)ccnc2c1. The summed E-state index contributed by atoms with van der Waals surface area (Å²) in [5, 5.41) is 1.20. The fraction of sp³-hybridized carbons (Fsp3) is 0.250. The molecule has 0 aliphatic heterocycles. The van der Waals surface area contributed by atoms with Gasteiger partial charge in [0.2, 0.25) is 0 Å². The van der Waals surface area contributed by atoms with Crippen LogP contribution in [-0.2, 0) is 0 Å². The van der Waals surface area contributed by atoms with Crippen LogP contribution in [0.4, 0.5) is 0 Å². The van der Waals surface area contributed by atoms with Gasteiger partial charge in [-0.1, -0.05) is 50.0 Å². The second kappa shape index (κ2) is 5.97. The number of rotatable bonds is 1. The van der Waals surface area contributed by atoms with Crippen molar-refractivity contribution in [3.63, 3.8) is 0 Å². The van der Waals surface area contributed by atoms with Gasteiger partial charge in [-0.2, -0.15) is 0 Å². The van der Waals surface area contributed by atoms with Crippen molar-refractivity contribution in [3.8, 4) is 11.8 Å². The van der Waals surface area contributed by atoms with E-state index in [1.165, 1.54) is 16.5 Å². The maximum Gasteiger partial charge on any atom is 0.0720 e. The third-order valence-electron chi connectivity index (χ3n) is 3.78. The van der Waals surface area contributed by atoms with Gasteiger partial charge in [0.25, 0.3) is 0 Å². The summed E-state index contributed by atoms with van der Waals surface area (Å²) in [4.78, 5) is 4.50. The Morgan fingerprint density at radius 2 is 2.19 bits per heavy atom. The lowest BCUT2D eigenvalue weighted by molar-refractivity contribution is 0.739. The number of nitrogens with zero attached hydrogens (tertiary/aromatic N) is 1. The van der Waals surface area contributed by atoms with Crippen LogP contribution in [0.2, 0.25) is 0 Å². The highest BCUT2D eigenvalue weighted by molar-refractivity contribution is 5.94. The molecule has 0 saturated carbocycles. The van der Waals surface area contributed by atoms with Crippen LogP contribution in [0.1, 0.15) is 37.8 Å². The number of fused-ring (bicyclic) bond motifs is 1. The predicted octanol–water partition coefficient (Wildman–Crippen LogP) is 4.98. The molecule has 0 radical (unpaired) electrons. The molecule has 1 heteroatoms. The van der Waals surface area contributed by atoms with Crippen molar-refractivity contribution in [1.29, 1.82) is 0 Å². The third kappa shape index (κ3) is 2.90. The molecule has 2 aromatic rings. The second-order valence-corrected chi connectivity index (χ2v) is 5.48. The summed E-state index contributed by atoms with van der Waals surface area (Å²) in [6.45, 7) is 4.31. The highest BCUT2D eigenvalue weighted by Crippen LogP contribution is 2.29. The Hall–Kier alpha value is -2.33. The average Bonchev–Trinajstić information content (AvgIpc) is 2.53. The first-order valence-electron chi connectivity index (χ1n) is 7.54. The first-order valence-corrected chi connectivity index (χ1v) is 7.54. The maximum atomic E-state index is 4.50. The molecular formula is C20H19N. The van der Waals surface area contributed by atoms with Crippen LogP contribution in [0.15, 0.2) is 48.7 Å². The molecule has 1 aliphatic rings. The van der Waals surface area contributed by atoms with Gasteiger partial charge in [-0.05, 0) is 41.7 Å². The van der Waals surface area contributed by atoms with E-state index in [0.29, 0.717) is 5.92 Å². The van der Waals surface area contributed by atoms with Crippen LogP contribution in [0, 0.1) is 17.8 Å². The highest BCUT2D eigenvalue weighted by Gasteiger charge is 2.09. The first kappa shape index (κ1) is 13.6. The molecule has 0 spiro atoms. The summed E-state index contributed by atoms with van der Waals surface area (Å²) >= 11 is 0. The molecule has 0 bridgehead atoms. The smallest absolute Gasteiger partial charge is 0.0720 e. The zero-order valence-electron chi connectivity index (χ0n) is 12.6. The summed E-state index contributed by atoms with van der Waals surface area (Å²) in [6.07, 6.45) is 10.7. The number of pyridine rings is 1. The summed E-state index contributed by atoms with van der Waals surface area (Å²) in [7, 11) is 0. The van der Waals surface area contributed by atoms with E-state index in [9.17, 15) is 0 Å². The van der Waals surface area contributed by atoms with Gasteiger partial charge in [-0.25, -0.2) is 0 Å². The highest BCUT2D eigenvalue weighted by atomic mass is 14.6. The average molecular weight is 273 g/mol. The van der Waals surface area contributed by atoms with Gasteiger partial charge >= 0.3 is 0 Å². The number of hydrogen-bond acceptors (Lipinski definition) is 1. The van der Waals surface area contributed by atoms with Crippen LogP contribution in [0.25, 0.3) is 16.5 Å². The van der Waals surface area contributed by atoms with Gasteiger partial charge in [0.1, 0.15) is 0 Å². The maximum absolute atomic E-state index is 4.50.